The van der Waals surface area contributed by atoms with Crippen LogP contribution in [0.15, 0.2) is 36.4 Å². The molecule has 1 aliphatic heterocycles. The van der Waals surface area contributed by atoms with Crippen LogP contribution < -0.4 is 0 Å². The summed E-state index contributed by atoms with van der Waals surface area (Å²) < 4.78 is 12.1. The molecule has 0 aliphatic carbocycles. The Morgan fingerprint density at radius 3 is 2.11 bits per heavy atom. The van der Waals surface area contributed by atoms with Crippen molar-refractivity contribution in [1.29, 1.82) is 0 Å². The summed E-state index contributed by atoms with van der Waals surface area (Å²) in [5.41, 5.74) is 1.01. The normalized spacial score (nSPS) is 14.5. The van der Waals surface area contributed by atoms with Crippen LogP contribution in [0.1, 0.15) is 47.6 Å². The lowest BCUT2D eigenvalue weighted by molar-refractivity contribution is -0.164. The van der Waals surface area contributed by atoms with Gasteiger partial charge < -0.3 is 14.0 Å². The van der Waals surface area contributed by atoms with Crippen molar-refractivity contribution in [3.8, 4) is 0 Å². The minimum atomic E-state index is -1.52. The van der Waals surface area contributed by atoms with Crippen molar-refractivity contribution < 1.29 is 23.9 Å². The number of hydrogen-bond acceptors (Lipinski definition) is 5. The minimum absolute atomic E-state index is 0.148. The van der Waals surface area contributed by atoms with Gasteiger partial charge in [0.1, 0.15) is 0 Å². The number of ether oxygens (including phenoxy) is 2. The van der Waals surface area contributed by atoms with Gasteiger partial charge in [0.15, 0.2) is 0 Å². The number of aromatic nitrogens is 1. The van der Waals surface area contributed by atoms with Crippen LogP contribution in [0.25, 0.3) is 0 Å². The lowest BCUT2D eigenvalue weighted by Gasteiger charge is -2.23. The number of ketones is 1. The molecule has 0 saturated heterocycles. The van der Waals surface area contributed by atoms with E-state index < -0.39 is 17.4 Å². The average molecular weight is 369 g/mol. The second-order valence-electron chi connectivity index (χ2n) is 6.55. The van der Waals surface area contributed by atoms with Gasteiger partial charge in [0.25, 0.3) is 0 Å². The highest BCUT2D eigenvalue weighted by atomic mass is 16.6. The summed E-state index contributed by atoms with van der Waals surface area (Å²) in [6, 6.07) is 10.6. The van der Waals surface area contributed by atoms with Crippen molar-refractivity contribution in [2.75, 3.05) is 13.2 Å². The number of esters is 2. The van der Waals surface area contributed by atoms with E-state index in [1.807, 2.05) is 19.1 Å². The molecule has 6 heteroatoms. The topological polar surface area (TPSA) is 74.6 Å². The zero-order valence-corrected chi connectivity index (χ0v) is 15.8. The van der Waals surface area contributed by atoms with E-state index in [2.05, 4.69) is 0 Å². The predicted molar refractivity (Wildman–Crippen MR) is 98.6 cm³/mol. The summed E-state index contributed by atoms with van der Waals surface area (Å²) in [5, 5.41) is 0. The van der Waals surface area contributed by atoms with Gasteiger partial charge in [-0.25, -0.2) is 0 Å². The van der Waals surface area contributed by atoms with Crippen molar-refractivity contribution in [2.45, 2.75) is 39.2 Å². The highest BCUT2D eigenvalue weighted by Gasteiger charge is 2.55. The second kappa shape index (κ2) is 7.39. The zero-order valence-electron chi connectivity index (χ0n) is 15.8. The van der Waals surface area contributed by atoms with E-state index in [-0.39, 0.29) is 25.4 Å². The van der Waals surface area contributed by atoms with E-state index in [1.165, 1.54) is 0 Å². The van der Waals surface area contributed by atoms with Crippen molar-refractivity contribution in [1.82, 2.24) is 4.57 Å². The van der Waals surface area contributed by atoms with Gasteiger partial charge >= 0.3 is 11.9 Å². The third-order valence-corrected chi connectivity index (χ3v) is 4.92. The van der Waals surface area contributed by atoms with Crippen molar-refractivity contribution in [2.24, 2.45) is 0 Å². The maximum Gasteiger partial charge on any atom is 0.329 e. The van der Waals surface area contributed by atoms with Crippen LogP contribution in [0.2, 0.25) is 0 Å². The molecule has 0 amide bonds. The molecule has 1 aromatic heterocycles. The molecule has 0 saturated carbocycles. The molecular weight excluding hydrogens is 346 g/mol. The summed E-state index contributed by atoms with van der Waals surface area (Å²) in [6.07, 6.45) is 0.217. The van der Waals surface area contributed by atoms with Gasteiger partial charge in [0.05, 0.1) is 18.9 Å². The number of fused-ring (bicyclic) bond motifs is 1. The van der Waals surface area contributed by atoms with Crippen LogP contribution in [0, 0.1) is 6.92 Å². The summed E-state index contributed by atoms with van der Waals surface area (Å²) in [5.74, 6) is -1.41. The fourth-order valence-corrected chi connectivity index (χ4v) is 3.54. The Hall–Kier alpha value is -2.89. The third-order valence-electron chi connectivity index (χ3n) is 4.92. The molecule has 2 heterocycles. The zero-order chi connectivity index (χ0) is 19.6. The first-order valence-electron chi connectivity index (χ1n) is 9.11. The molecule has 6 nitrogen and oxygen atoms in total. The quantitative estimate of drug-likeness (QED) is 0.445. The molecule has 0 radical (unpaired) electrons. The van der Waals surface area contributed by atoms with Crippen LogP contribution in [0.4, 0.5) is 0 Å². The van der Waals surface area contributed by atoms with E-state index in [0.717, 1.165) is 5.56 Å². The Balaban J connectivity index is 2.04. The lowest BCUT2D eigenvalue weighted by Crippen LogP contribution is -2.44. The van der Waals surface area contributed by atoms with Gasteiger partial charge in [-0.15, -0.1) is 0 Å². The molecule has 27 heavy (non-hydrogen) atoms. The molecule has 142 valence electrons. The van der Waals surface area contributed by atoms with Crippen molar-refractivity contribution in [3.05, 3.63) is 58.9 Å². The highest BCUT2D eigenvalue weighted by molar-refractivity contribution is 6.10. The number of nitrogens with zero attached hydrogens (tertiary/aromatic N) is 1. The molecule has 0 bridgehead atoms. The number of benzene rings is 1. The first-order chi connectivity index (χ1) is 13.0. The molecule has 1 aliphatic rings. The molecular formula is C21H23NO5. The van der Waals surface area contributed by atoms with Gasteiger partial charge in [0.2, 0.25) is 11.2 Å². The number of rotatable bonds is 6. The third kappa shape index (κ3) is 3.05. The van der Waals surface area contributed by atoms with Gasteiger partial charge in [-0.05, 0) is 39.3 Å². The smallest absolute Gasteiger partial charge is 0.329 e. The summed E-state index contributed by atoms with van der Waals surface area (Å²) in [7, 11) is 0. The van der Waals surface area contributed by atoms with Crippen molar-refractivity contribution in [3.63, 3.8) is 0 Å². The minimum Gasteiger partial charge on any atom is -0.465 e. The number of carbonyl (C=O) groups excluding carboxylic acids is 3. The molecule has 0 atom stereocenters. The largest absolute Gasteiger partial charge is 0.465 e. The monoisotopic (exact) mass is 369 g/mol. The Kier molecular flexibility index (Phi) is 5.17. The molecule has 3 rings (SSSR count). The van der Waals surface area contributed by atoms with E-state index >= 15 is 0 Å². The van der Waals surface area contributed by atoms with Crippen LogP contribution in [0.3, 0.4) is 0 Å². The molecule has 0 unspecified atom stereocenters. The maximum atomic E-state index is 12.9. The Bertz CT molecular complexity index is 860. The van der Waals surface area contributed by atoms with Gasteiger partial charge in [-0.1, -0.05) is 29.8 Å². The van der Waals surface area contributed by atoms with Gasteiger partial charge in [-0.2, -0.15) is 0 Å². The second-order valence-corrected chi connectivity index (χ2v) is 6.55. The first-order valence-corrected chi connectivity index (χ1v) is 9.11. The standard InChI is InChI=1S/C21H23NO5/c1-4-26-19(24)21(20(25)27-5-2)12-13-22-16(10-11-17(21)22)18(23)15-8-6-14(3)7-9-15/h6-11H,4-5,12-13H2,1-3H3. The molecule has 0 spiro atoms. The first kappa shape index (κ1) is 18.9. The Labute approximate surface area is 158 Å². The van der Waals surface area contributed by atoms with Gasteiger partial charge in [-0.3, -0.25) is 14.4 Å². The fraction of sp³-hybridized carbons (Fsp3) is 0.381. The average Bonchev–Trinajstić information content (AvgIpc) is 3.23. The SMILES string of the molecule is CCOC(=O)C1(C(=O)OCC)CCn2c(C(=O)c3ccc(C)cc3)ccc21. The van der Waals surface area contributed by atoms with Crippen LogP contribution in [-0.4, -0.2) is 35.5 Å². The Morgan fingerprint density at radius 1 is 0.963 bits per heavy atom. The van der Waals surface area contributed by atoms with Crippen molar-refractivity contribution >= 4 is 17.7 Å². The van der Waals surface area contributed by atoms with E-state index in [0.29, 0.717) is 23.5 Å². The predicted octanol–water partition coefficient (Wildman–Crippen LogP) is 2.80. The fourth-order valence-electron chi connectivity index (χ4n) is 3.54. The molecule has 2 aromatic rings. The lowest BCUT2D eigenvalue weighted by atomic mass is 9.83. The van der Waals surface area contributed by atoms with Crippen LogP contribution in [-0.2, 0) is 31.0 Å². The number of hydrogen-bond donors (Lipinski definition) is 0. The highest BCUT2D eigenvalue weighted by Crippen LogP contribution is 2.39. The summed E-state index contributed by atoms with van der Waals surface area (Å²) >= 11 is 0. The van der Waals surface area contributed by atoms with E-state index in [1.54, 1.807) is 42.7 Å². The number of aryl methyl sites for hydroxylation is 1. The number of carbonyl (C=O) groups is 3. The van der Waals surface area contributed by atoms with E-state index in [4.69, 9.17) is 9.47 Å². The Morgan fingerprint density at radius 2 is 1.56 bits per heavy atom. The summed E-state index contributed by atoms with van der Waals surface area (Å²) in [6.45, 7) is 6.03. The summed E-state index contributed by atoms with van der Waals surface area (Å²) in [4.78, 5) is 38.4. The van der Waals surface area contributed by atoms with Gasteiger partial charge in [0, 0.05) is 17.8 Å². The van der Waals surface area contributed by atoms with E-state index in [9.17, 15) is 14.4 Å². The molecule has 1 aromatic carbocycles. The molecule has 0 N–H and O–H groups in total. The molecule has 0 fully saturated rings. The van der Waals surface area contributed by atoms with Crippen LogP contribution in [0.5, 0.6) is 0 Å². The maximum absolute atomic E-state index is 12.9. The van der Waals surface area contributed by atoms with Crippen LogP contribution >= 0.6 is 0 Å².